The lowest BCUT2D eigenvalue weighted by molar-refractivity contribution is 0.0601. The average Bonchev–Trinajstić information content (AvgIpc) is 3.11. The fraction of sp³-hybridized carbons (Fsp3) is 0.312. The minimum Gasteiger partial charge on any atom is -0.465 e. The van der Waals surface area contributed by atoms with Crippen molar-refractivity contribution in [2.24, 2.45) is 0 Å². The second-order valence-electron chi connectivity index (χ2n) is 5.27. The number of anilines is 3. The molecule has 0 unspecified atom stereocenters. The summed E-state index contributed by atoms with van der Waals surface area (Å²) in [5, 5.41) is 3.64. The third kappa shape index (κ3) is 3.53. The van der Waals surface area contributed by atoms with Crippen molar-refractivity contribution in [3.05, 3.63) is 41.2 Å². The number of hydrogen-bond donors (Lipinski definition) is 1. The lowest BCUT2D eigenvalue weighted by Crippen LogP contribution is -2.19. The molecule has 0 saturated carbocycles. The SMILES string of the molecule is COC(=O)c1ccc(Cl)c(Nc2cc(N3CCCC3)ncn2)c1. The van der Waals surface area contributed by atoms with Crippen LogP contribution < -0.4 is 10.2 Å². The summed E-state index contributed by atoms with van der Waals surface area (Å²) >= 11 is 6.19. The number of halogens is 1. The van der Waals surface area contributed by atoms with Gasteiger partial charge >= 0.3 is 5.97 Å². The zero-order valence-electron chi connectivity index (χ0n) is 12.8. The molecule has 1 fully saturated rings. The van der Waals surface area contributed by atoms with Crippen LogP contribution in [0.25, 0.3) is 0 Å². The minimum atomic E-state index is -0.412. The van der Waals surface area contributed by atoms with Gasteiger partial charge in [-0.25, -0.2) is 14.8 Å². The first-order valence-corrected chi connectivity index (χ1v) is 7.77. The summed E-state index contributed by atoms with van der Waals surface area (Å²) in [6.45, 7) is 2.02. The zero-order chi connectivity index (χ0) is 16.2. The van der Waals surface area contributed by atoms with Crippen molar-refractivity contribution in [2.75, 3.05) is 30.4 Å². The lowest BCUT2D eigenvalue weighted by Gasteiger charge is -2.17. The summed E-state index contributed by atoms with van der Waals surface area (Å²) in [5.41, 5.74) is 1.02. The van der Waals surface area contributed by atoms with Crippen LogP contribution >= 0.6 is 11.6 Å². The summed E-state index contributed by atoms with van der Waals surface area (Å²) in [7, 11) is 1.34. The maximum Gasteiger partial charge on any atom is 0.337 e. The molecule has 1 aromatic carbocycles. The van der Waals surface area contributed by atoms with Gasteiger partial charge in [0, 0.05) is 19.2 Å². The molecule has 0 radical (unpaired) electrons. The Morgan fingerprint density at radius 2 is 2.04 bits per heavy atom. The van der Waals surface area contributed by atoms with E-state index >= 15 is 0 Å². The van der Waals surface area contributed by atoms with Gasteiger partial charge in [-0.1, -0.05) is 11.6 Å². The molecule has 1 saturated heterocycles. The van der Waals surface area contributed by atoms with E-state index in [0.717, 1.165) is 18.9 Å². The van der Waals surface area contributed by atoms with E-state index in [1.807, 2.05) is 6.07 Å². The van der Waals surface area contributed by atoms with Crippen molar-refractivity contribution < 1.29 is 9.53 Å². The minimum absolute atomic E-state index is 0.412. The van der Waals surface area contributed by atoms with Gasteiger partial charge in [0.1, 0.15) is 18.0 Å². The molecular weight excluding hydrogens is 316 g/mol. The highest BCUT2D eigenvalue weighted by Crippen LogP contribution is 2.27. The van der Waals surface area contributed by atoms with E-state index in [2.05, 4.69) is 20.2 Å². The van der Waals surface area contributed by atoms with E-state index in [1.54, 1.807) is 18.2 Å². The highest BCUT2D eigenvalue weighted by Gasteiger charge is 2.15. The summed E-state index contributed by atoms with van der Waals surface area (Å²) in [6, 6.07) is 6.80. The number of carbonyl (C=O) groups is 1. The van der Waals surface area contributed by atoms with Crippen LogP contribution in [0.2, 0.25) is 5.02 Å². The molecule has 7 heteroatoms. The first-order valence-electron chi connectivity index (χ1n) is 7.39. The molecule has 1 N–H and O–H groups in total. The van der Waals surface area contributed by atoms with Crippen molar-refractivity contribution in [1.29, 1.82) is 0 Å². The molecule has 0 bridgehead atoms. The van der Waals surface area contributed by atoms with Crippen LogP contribution in [0.5, 0.6) is 0 Å². The number of methoxy groups -OCH3 is 1. The van der Waals surface area contributed by atoms with Crippen LogP contribution in [0, 0.1) is 0 Å². The van der Waals surface area contributed by atoms with Crippen molar-refractivity contribution in [3.8, 4) is 0 Å². The van der Waals surface area contributed by atoms with Crippen molar-refractivity contribution in [1.82, 2.24) is 9.97 Å². The molecule has 120 valence electrons. The molecule has 0 atom stereocenters. The summed E-state index contributed by atoms with van der Waals surface area (Å²) in [6.07, 6.45) is 3.88. The Morgan fingerprint density at radius 1 is 1.26 bits per heavy atom. The highest BCUT2D eigenvalue weighted by molar-refractivity contribution is 6.33. The predicted octanol–water partition coefficient (Wildman–Crippen LogP) is 3.26. The molecule has 0 amide bonds. The lowest BCUT2D eigenvalue weighted by atomic mass is 10.2. The number of benzene rings is 1. The topological polar surface area (TPSA) is 67.3 Å². The zero-order valence-corrected chi connectivity index (χ0v) is 13.5. The maximum absolute atomic E-state index is 11.6. The molecule has 0 aliphatic carbocycles. The summed E-state index contributed by atoms with van der Waals surface area (Å²) in [4.78, 5) is 22.4. The van der Waals surface area contributed by atoms with E-state index < -0.39 is 5.97 Å². The average molecular weight is 333 g/mol. The van der Waals surface area contributed by atoms with Gasteiger partial charge in [-0.3, -0.25) is 0 Å². The monoisotopic (exact) mass is 332 g/mol. The summed E-state index contributed by atoms with van der Waals surface area (Å²) in [5.74, 6) is 1.11. The fourth-order valence-corrected chi connectivity index (χ4v) is 2.70. The molecule has 0 spiro atoms. The van der Waals surface area contributed by atoms with Crippen molar-refractivity contribution in [3.63, 3.8) is 0 Å². The molecule has 2 heterocycles. The van der Waals surface area contributed by atoms with E-state index in [9.17, 15) is 4.79 Å². The Balaban J connectivity index is 1.84. The number of esters is 1. The van der Waals surface area contributed by atoms with Gasteiger partial charge in [-0.05, 0) is 31.0 Å². The number of hydrogen-bond acceptors (Lipinski definition) is 6. The smallest absolute Gasteiger partial charge is 0.337 e. The molecule has 1 aliphatic heterocycles. The van der Waals surface area contributed by atoms with Gasteiger partial charge in [0.2, 0.25) is 0 Å². The normalized spacial score (nSPS) is 13.9. The van der Waals surface area contributed by atoms with Crippen LogP contribution in [0.4, 0.5) is 17.3 Å². The van der Waals surface area contributed by atoms with Crippen LogP contribution in [-0.2, 0) is 4.74 Å². The molecular formula is C16H17ClN4O2. The number of ether oxygens (including phenoxy) is 1. The maximum atomic E-state index is 11.6. The molecule has 23 heavy (non-hydrogen) atoms. The Morgan fingerprint density at radius 3 is 2.78 bits per heavy atom. The Labute approximate surface area is 139 Å². The van der Waals surface area contributed by atoms with Crippen molar-refractivity contribution >= 4 is 34.9 Å². The molecule has 2 aromatic rings. The second kappa shape index (κ2) is 6.83. The van der Waals surface area contributed by atoms with Crippen LogP contribution in [0.1, 0.15) is 23.2 Å². The van der Waals surface area contributed by atoms with E-state index in [-0.39, 0.29) is 0 Å². The molecule has 1 aliphatic rings. The Hall–Kier alpha value is -2.34. The number of nitrogens with one attached hydrogen (secondary N) is 1. The van der Waals surface area contributed by atoms with Gasteiger partial charge in [0.05, 0.1) is 23.4 Å². The van der Waals surface area contributed by atoms with Crippen molar-refractivity contribution in [2.45, 2.75) is 12.8 Å². The first-order chi connectivity index (χ1) is 11.2. The largest absolute Gasteiger partial charge is 0.465 e. The molecule has 3 rings (SSSR count). The third-order valence-corrected chi connectivity index (χ3v) is 4.06. The number of carbonyl (C=O) groups excluding carboxylic acids is 1. The van der Waals surface area contributed by atoms with E-state index in [0.29, 0.717) is 22.1 Å². The van der Waals surface area contributed by atoms with Gasteiger partial charge in [-0.2, -0.15) is 0 Å². The summed E-state index contributed by atoms with van der Waals surface area (Å²) < 4.78 is 4.73. The second-order valence-corrected chi connectivity index (χ2v) is 5.67. The van der Waals surface area contributed by atoms with Crippen LogP contribution in [0.15, 0.2) is 30.6 Å². The predicted molar refractivity (Wildman–Crippen MR) is 89.6 cm³/mol. The highest BCUT2D eigenvalue weighted by atomic mass is 35.5. The Kier molecular flexibility index (Phi) is 4.62. The Bertz CT molecular complexity index is 717. The quantitative estimate of drug-likeness (QED) is 0.867. The van der Waals surface area contributed by atoms with E-state index in [1.165, 1.54) is 26.3 Å². The standard InChI is InChI=1S/C16H17ClN4O2/c1-23-16(22)11-4-5-12(17)13(8-11)20-14-9-15(19-10-18-14)21-6-2-3-7-21/h4-5,8-10H,2-3,6-7H2,1H3,(H,18,19,20). The first kappa shape index (κ1) is 15.6. The van der Waals surface area contributed by atoms with Gasteiger partial charge in [0.15, 0.2) is 0 Å². The number of rotatable bonds is 4. The van der Waals surface area contributed by atoms with Gasteiger partial charge < -0.3 is 15.0 Å². The fourth-order valence-electron chi connectivity index (χ4n) is 2.54. The van der Waals surface area contributed by atoms with Gasteiger partial charge in [0.25, 0.3) is 0 Å². The van der Waals surface area contributed by atoms with Crippen LogP contribution in [-0.4, -0.2) is 36.1 Å². The molecule has 6 nitrogen and oxygen atoms in total. The van der Waals surface area contributed by atoms with Gasteiger partial charge in [-0.15, -0.1) is 0 Å². The molecule has 1 aromatic heterocycles. The van der Waals surface area contributed by atoms with E-state index in [4.69, 9.17) is 16.3 Å². The number of aromatic nitrogens is 2. The number of nitrogens with zero attached hydrogens (tertiary/aromatic N) is 3. The van der Waals surface area contributed by atoms with Crippen LogP contribution in [0.3, 0.4) is 0 Å². The third-order valence-electron chi connectivity index (χ3n) is 3.73.